The molecule has 0 aliphatic carbocycles. The van der Waals surface area contributed by atoms with Crippen LogP contribution in [0.2, 0.25) is 0 Å². The van der Waals surface area contributed by atoms with E-state index in [2.05, 4.69) is 10.2 Å². The van der Waals surface area contributed by atoms with Gasteiger partial charge in [0.2, 0.25) is 0 Å². The third kappa shape index (κ3) is 3.25. The molecular weight excluding hydrogens is 308 g/mol. The van der Waals surface area contributed by atoms with E-state index in [1.807, 2.05) is 24.3 Å². The molecule has 0 aromatic heterocycles. The fraction of sp³-hybridized carbons (Fsp3) is 0.316. The first-order chi connectivity index (χ1) is 11.6. The molecule has 0 atom stereocenters. The maximum Gasteiger partial charge on any atom is 0.153 e. The molecule has 1 saturated heterocycles. The van der Waals surface area contributed by atoms with Gasteiger partial charge < -0.3 is 15.6 Å². The summed E-state index contributed by atoms with van der Waals surface area (Å²) in [5.41, 5.74) is 2.14. The van der Waals surface area contributed by atoms with Crippen molar-refractivity contribution in [3.63, 3.8) is 0 Å². The van der Waals surface area contributed by atoms with Crippen LogP contribution in [0, 0.1) is 24.0 Å². The van der Waals surface area contributed by atoms with Gasteiger partial charge in [0.05, 0.1) is 5.69 Å². The van der Waals surface area contributed by atoms with E-state index in [-0.39, 0.29) is 16.8 Å². The highest BCUT2D eigenvalue weighted by Crippen LogP contribution is 2.29. The van der Waals surface area contributed by atoms with Gasteiger partial charge in [-0.25, -0.2) is 8.78 Å². The van der Waals surface area contributed by atoms with E-state index in [1.54, 1.807) is 0 Å². The van der Waals surface area contributed by atoms with Crippen LogP contribution >= 0.6 is 0 Å². The molecule has 0 amide bonds. The Balaban J connectivity index is 1.84. The van der Waals surface area contributed by atoms with Crippen molar-refractivity contribution in [1.82, 2.24) is 0 Å². The summed E-state index contributed by atoms with van der Waals surface area (Å²) in [6.45, 7) is 3.52. The van der Waals surface area contributed by atoms with Gasteiger partial charge >= 0.3 is 0 Å². The van der Waals surface area contributed by atoms with Crippen molar-refractivity contribution in [3.8, 4) is 0 Å². The van der Waals surface area contributed by atoms with Gasteiger partial charge in [0.25, 0.3) is 0 Å². The monoisotopic (exact) mass is 329 g/mol. The maximum absolute atomic E-state index is 14.4. The Bertz CT molecular complexity index is 735. The van der Waals surface area contributed by atoms with Crippen LogP contribution in [0.5, 0.6) is 0 Å². The lowest BCUT2D eigenvalue weighted by Gasteiger charge is -2.29. The minimum absolute atomic E-state index is 0.0481. The van der Waals surface area contributed by atoms with Crippen LogP contribution in [0.3, 0.4) is 0 Å². The zero-order valence-electron chi connectivity index (χ0n) is 13.7. The van der Waals surface area contributed by atoms with E-state index in [4.69, 9.17) is 5.41 Å². The summed E-state index contributed by atoms with van der Waals surface area (Å²) in [6.07, 6.45) is 4.66. The van der Waals surface area contributed by atoms with Gasteiger partial charge in [-0.15, -0.1) is 0 Å². The molecule has 0 bridgehead atoms. The quantitative estimate of drug-likeness (QED) is 0.774. The topological polar surface area (TPSA) is 39.1 Å². The van der Waals surface area contributed by atoms with Crippen molar-refractivity contribution in [2.75, 3.05) is 23.3 Å². The second-order valence-corrected chi connectivity index (χ2v) is 6.13. The van der Waals surface area contributed by atoms with Crippen LogP contribution in [0.4, 0.5) is 25.8 Å². The average molecular weight is 329 g/mol. The lowest BCUT2D eigenvalue weighted by Crippen LogP contribution is -2.29. The van der Waals surface area contributed by atoms with E-state index in [9.17, 15) is 8.78 Å². The first kappa shape index (κ1) is 16.4. The van der Waals surface area contributed by atoms with E-state index >= 15 is 0 Å². The Hall–Kier alpha value is -2.43. The molecule has 1 aliphatic heterocycles. The van der Waals surface area contributed by atoms with Gasteiger partial charge in [0, 0.05) is 41.8 Å². The highest BCUT2D eigenvalue weighted by atomic mass is 19.1. The smallest absolute Gasteiger partial charge is 0.153 e. The standard InChI is InChI=1S/C19H21F2N3/c1-13-17(20)11-14(12-22)19(18(13)21)23-15-5-7-16(8-6-15)24-9-3-2-4-10-24/h5-8,11-12,22-23H,2-4,9-10H2,1H3. The van der Waals surface area contributed by atoms with Gasteiger partial charge in [-0.2, -0.15) is 0 Å². The van der Waals surface area contributed by atoms with Crippen LogP contribution in [-0.2, 0) is 0 Å². The van der Waals surface area contributed by atoms with Crippen LogP contribution in [-0.4, -0.2) is 19.3 Å². The summed E-state index contributed by atoms with van der Waals surface area (Å²) in [6, 6.07) is 8.96. The lowest BCUT2D eigenvalue weighted by atomic mass is 10.1. The van der Waals surface area contributed by atoms with E-state index in [0.29, 0.717) is 5.69 Å². The van der Waals surface area contributed by atoms with Gasteiger partial charge in [0.1, 0.15) is 5.82 Å². The summed E-state index contributed by atoms with van der Waals surface area (Å²) < 4.78 is 28.0. The minimum Gasteiger partial charge on any atom is -0.372 e. The van der Waals surface area contributed by atoms with E-state index < -0.39 is 11.6 Å². The summed E-state index contributed by atoms with van der Waals surface area (Å²) in [5.74, 6) is -1.30. The molecule has 1 fully saturated rings. The van der Waals surface area contributed by atoms with Crippen molar-refractivity contribution in [2.45, 2.75) is 26.2 Å². The Morgan fingerprint density at radius 2 is 1.75 bits per heavy atom. The fourth-order valence-electron chi connectivity index (χ4n) is 3.03. The average Bonchev–Trinajstić information content (AvgIpc) is 2.63. The Labute approximate surface area is 140 Å². The molecule has 0 unspecified atom stereocenters. The van der Waals surface area contributed by atoms with E-state index in [1.165, 1.54) is 32.3 Å². The normalized spacial score (nSPS) is 14.5. The SMILES string of the molecule is Cc1c(F)cc(C=N)c(Nc2ccc(N3CCCCC3)cc2)c1F. The molecule has 5 heteroatoms. The number of hydrogen-bond donors (Lipinski definition) is 2. The number of nitrogens with one attached hydrogen (secondary N) is 2. The highest BCUT2D eigenvalue weighted by Gasteiger charge is 2.15. The van der Waals surface area contributed by atoms with Crippen molar-refractivity contribution in [3.05, 3.63) is 53.1 Å². The number of hydrogen-bond acceptors (Lipinski definition) is 3. The second kappa shape index (κ2) is 6.99. The Morgan fingerprint density at radius 3 is 2.38 bits per heavy atom. The fourth-order valence-corrected chi connectivity index (χ4v) is 3.03. The zero-order chi connectivity index (χ0) is 17.1. The molecule has 2 aromatic carbocycles. The van der Waals surface area contributed by atoms with Crippen molar-refractivity contribution >= 4 is 23.3 Å². The predicted octanol–water partition coefficient (Wildman–Crippen LogP) is 5.00. The predicted molar refractivity (Wildman–Crippen MR) is 94.8 cm³/mol. The molecule has 1 heterocycles. The zero-order valence-corrected chi connectivity index (χ0v) is 13.7. The Kier molecular flexibility index (Phi) is 4.79. The number of nitrogens with zero attached hydrogens (tertiary/aromatic N) is 1. The molecule has 0 saturated carbocycles. The first-order valence-corrected chi connectivity index (χ1v) is 8.21. The van der Waals surface area contributed by atoms with Crippen molar-refractivity contribution < 1.29 is 8.78 Å². The molecular formula is C19H21F2N3. The summed E-state index contributed by atoms with van der Waals surface area (Å²) in [7, 11) is 0. The van der Waals surface area contributed by atoms with Crippen molar-refractivity contribution in [1.29, 1.82) is 5.41 Å². The van der Waals surface area contributed by atoms with Gasteiger partial charge in [-0.3, -0.25) is 0 Å². The van der Waals surface area contributed by atoms with Gasteiger partial charge in [-0.1, -0.05) is 0 Å². The lowest BCUT2D eigenvalue weighted by molar-refractivity contribution is 0.570. The Morgan fingerprint density at radius 1 is 1.08 bits per heavy atom. The molecule has 126 valence electrons. The number of halogens is 2. The molecule has 24 heavy (non-hydrogen) atoms. The van der Waals surface area contributed by atoms with Gasteiger partial charge in [0.15, 0.2) is 5.82 Å². The number of rotatable bonds is 4. The number of anilines is 3. The molecule has 2 aromatic rings. The van der Waals surface area contributed by atoms with Crippen molar-refractivity contribution in [2.24, 2.45) is 0 Å². The molecule has 3 rings (SSSR count). The molecule has 1 aliphatic rings. The first-order valence-electron chi connectivity index (χ1n) is 8.21. The molecule has 0 radical (unpaired) electrons. The van der Waals surface area contributed by atoms with Crippen LogP contribution in [0.1, 0.15) is 30.4 Å². The molecule has 3 nitrogen and oxygen atoms in total. The van der Waals surface area contributed by atoms with Crippen LogP contribution < -0.4 is 10.2 Å². The molecule has 2 N–H and O–H groups in total. The van der Waals surface area contributed by atoms with Gasteiger partial charge in [-0.05, 0) is 56.5 Å². The van der Waals surface area contributed by atoms with Crippen LogP contribution in [0.25, 0.3) is 0 Å². The number of benzene rings is 2. The minimum atomic E-state index is -0.659. The largest absolute Gasteiger partial charge is 0.372 e. The second-order valence-electron chi connectivity index (χ2n) is 6.13. The summed E-state index contributed by atoms with van der Waals surface area (Å²) in [5, 5.41) is 10.4. The summed E-state index contributed by atoms with van der Waals surface area (Å²) >= 11 is 0. The number of piperidine rings is 1. The van der Waals surface area contributed by atoms with E-state index in [0.717, 1.165) is 25.0 Å². The third-order valence-electron chi connectivity index (χ3n) is 4.49. The summed E-state index contributed by atoms with van der Waals surface area (Å²) in [4.78, 5) is 2.35. The highest BCUT2D eigenvalue weighted by molar-refractivity contribution is 5.88. The third-order valence-corrected chi connectivity index (χ3v) is 4.49. The maximum atomic E-state index is 14.4. The molecule has 0 spiro atoms. The van der Waals surface area contributed by atoms with Crippen LogP contribution in [0.15, 0.2) is 30.3 Å².